The normalized spacial score (nSPS) is 10.4. The van der Waals surface area contributed by atoms with Gasteiger partial charge in [0.15, 0.2) is 0 Å². The van der Waals surface area contributed by atoms with Crippen molar-refractivity contribution in [1.82, 2.24) is 9.97 Å². The van der Waals surface area contributed by atoms with E-state index in [4.69, 9.17) is 22.2 Å². The first-order valence-corrected chi connectivity index (χ1v) is 6.86. The van der Waals surface area contributed by atoms with Crippen LogP contribution in [0.3, 0.4) is 0 Å². The van der Waals surface area contributed by atoms with Crippen LogP contribution in [0.2, 0.25) is 5.02 Å². The molecule has 5 nitrogen and oxygen atoms in total. The van der Waals surface area contributed by atoms with E-state index in [0.717, 1.165) is 0 Å². The van der Waals surface area contributed by atoms with Crippen LogP contribution < -0.4 is 16.0 Å². The van der Waals surface area contributed by atoms with Gasteiger partial charge in [-0.1, -0.05) is 18.5 Å². The second-order valence-corrected chi connectivity index (χ2v) is 5.06. The minimum Gasteiger partial charge on any atom is -0.437 e. The van der Waals surface area contributed by atoms with Crippen molar-refractivity contribution in [3.05, 3.63) is 39.3 Å². The van der Waals surface area contributed by atoms with Gasteiger partial charge in [-0.2, -0.15) is 0 Å². The molecule has 0 aliphatic carbocycles. The Bertz CT molecular complexity index is 641. The van der Waals surface area contributed by atoms with Crippen LogP contribution in [0.15, 0.2) is 22.9 Å². The lowest BCUT2D eigenvalue weighted by molar-refractivity contribution is 0.448. The summed E-state index contributed by atoms with van der Waals surface area (Å²) >= 11 is 8.94. The third-order valence-electron chi connectivity index (χ3n) is 2.58. The van der Waals surface area contributed by atoms with Gasteiger partial charge in [0.05, 0.1) is 15.1 Å². The molecule has 20 heavy (non-hydrogen) atoms. The molecule has 0 aliphatic heterocycles. The molecule has 0 atom stereocenters. The summed E-state index contributed by atoms with van der Waals surface area (Å²) in [4.78, 5) is 8.03. The predicted octanol–water partition coefficient (Wildman–Crippen LogP) is 3.67. The molecule has 1 aromatic heterocycles. The molecular weight excluding hydrogens is 351 g/mol. The highest BCUT2D eigenvalue weighted by Crippen LogP contribution is 2.35. The largest absolute Gasteiger partial charge is 0.437 e. The lowest BCUT2D eigenvalue weighted by Crippen LogP contribution is -2.12. The van der Waals surface area contributed by atoms with Gasteiger partial charge in [0.2, 0.25) is 5.88 Å². The number of nitrogens with one attached hydrogen (secondary N) is 1. The first-order chi connectivity index (χ1) is 9.56. The molecule has 0 bridgehead atoms. The maximum absolute atomic E-state index is 13.5. The molecule has 8 heteroatoms. The zero-order valence-corrected chi connectivity index (χ0v) is 12.8. The fourth-order valence-corrected chi connectivity index (χ4v) is 2.33. The van der Waals surface area contributed by atoms with Gasteiger partial charge in [-0.05, 0) is 28.4 Å². The van der Waals surface area contributed by atoms with Crippen molar-refractivity contribution < 1.29 is 9.13 Å². The van der Waals surface area contributed by atoms with Crippen LogP contribution in [0.1, 0.15) is 12.5 Å². The smallest absolute Gasteiger partial charge is 0.227 e. The number of aromatic nitrogens is 2. The molecule has 0 unspecified atom stereocenters. The van der Waals surface area contributed by atoms with Crippen LogP contribution in [-0.2, 0) is 6.42 Å². The Balaban J connectivity index is 2.42. The number of hydrogen-bond donors (Lipinski definition) is 2. The maximum atomic E-state index is 13.5. The molecule has 0 saturated heterocycles. The second-order valence-electron chi connectivity index (χ2n) is 3.80. The van der Waals surface area contributed by atoms with Gasteiger partial charge < -0.3 is 10.2 Å². The third-order valence-corrected chi connectivity index (χ3v) is 3.49. The molecule has 106 valence electrons. The van der Waals surface area contributed by atoms with E-state index < -0.39 is 5.82 Å². The average molecular weight is 362 g/mol. The molecule has 3 N–H and O–H groups in total. The van der Waals surface area contributed by atoms with Crippen LogP contribution in [0, 0.1) is 5.82 Å². The quantitative estimate of drug-likeness (QED) is 0.494. The van der Waals surface area contributed by atoms with E-state index in [9.17, 15) is 4.39 Å². The summed E-state index contributed by atoms with van der Waals surface area (Å²) in [5, 5.41) is 0.00643. The molecule has 0 aliphatic rings. The summed E-state index contributed by atoms with van der Waals surface area (Å²) in [7, 11) is 0. The molecule has 0 radical (unpaired) electrons. The number of hydrogen-bond acceptors (Lipinski definition) is 5. The van der Waals surface area contributed by atoms with E-state index in [2.05, 4.69) is 31.3 Å². The predicted molar refractivity (Wildman–Crippen MR) is 78.4 cm³/mol. The summed E-state index contributed by atoms with van der Waals surface area (Å²) in [6.07, 6.45) is 1.91. The molecule has 0 amide bonds. The monoisotopic (exact) mass is 360 g/mol. The van der Waals surface area contributed by atoms with Gasteiger partial charge in [0.1, 0.15) is 23.7 Å². The van der Waals surface area contributed by atoms with E-state index in [-0.39, 0.29) is 10.8 Å². The first kappa shape index (κ1) is 15.0. The minimum atomic E-state index is -0.575. The number of ether oxygens (including phenoxy) is 1. The van der Waals surface area contributed by atoms with Crippen LogP contribution in [0.5, 0.6) is 11.6 Å². The van der Waals surface area contributed by atoms with E-state index in [1.807, 2.05) is 6.92 Å². The zero-order valence-electron chi connectivity index (χ0n) is 10.5. The Hall–Kier alpha value is -1.44. The van der Waals surface area contributed by atoms with Gasteiger partial charge in [-0.25, -0.2) is 20.2 Å². The molecule has 0 saturated carbocycles. The van der Waals surface area contributed by atoms with E-state index in [0.29, 0.717) is 28.2 Å². The number of nitrogens with two attached hydrogens (primary N) is 1. The lowest BCUT2D eigenvalue weighted by atomic mass is 10.2. The van der Waals surface area contributed by atoms with Crippen LogP contribution >= 0.6 is 27.5 Å². The maximum Gasteiger partial charge on any atom is 0.227 e. The highest BCUT2D eigenvalue weighted by molar-refractivity contribution is 9.10. The Morgan fingerprint density at radius 2 is 2.20 bits per heavy atom. The van der Waals surface area contributed by atoms with Crippen molar-refractivity contribution in [1.29, 1.82) is 0 Å². The average Bonchev–Trinajstić information content (AvgIpc) is 2.44. The molecule has 0 spiro atoms. The number of benzene rings is 1. The van der Waals surface area contributed by atoms with Crippen molar-refractivity contribution in [2.75, 3.05) is 5.43 Å². The van der Waals surface area contributed by atoms with Crippen LogP contribution in [0.25, 0.3) is 0 Å². The summed E-state index contributed by atoms with van der Waals surface area (Å²) < 4.78 is 19.6. The summed E-state index contributed by atoms with van der Waals surface area (Å²) in [6.45, 7) is 1.91. The standard InChI is InChI=1S/C12H11BrClFN4O/c1-2-6-11(19-16)17-5-18-12(6)20-10-4-9(15)8(14)3-7(10)13/h3-5H,2,16H2,1H3,(H,17,18,19). The number of hydrazine groups is 1. The Labute approximate surface area is 128 Å². The number of nitrogens with zero attached hydrogens (tertiary/aromatic N) is 2. The molecule has 2 aromatic rings. The Morgan fingerprint density at radius 1 is 1.45 bits per heavy atom. The third kappa shape index (κ3) is 3.00. The minimum absolute atomic E-state index is 0.00643. The van der Waals surface area contributed by atoms with Crippen molar-refractivity contribution in [2.45, 2.75) is 13.3 Å². The van der Waals surface area contributed by atoms with E-state index in [1.54, 1.807) is 0 Å². The van der Waals surface area contributed by atoms with Gasteiger partial charge in [-0.15, -0.1) is 0 Å². The molecule has 0 fully saturated rings. The number of anilines is 1. The highest BCUT2D eigenvalue weighted by atomic mass is 79.9. The van der Waals surface area contributed by atoms with E-state index >= 15 is 0 Å². The fraction of sp³-hybridized carbons (Fsp3) is 0.167. The topological polar surface area (TPSA) is 73.1 Å². The van der Waals surface area contributed by atoms with Crippen molar-refractivity contribution in [2.24, 2.45) is 5.84 Å². The SMILES string of the molecule is CCc1c(NN)ncnc1Oc1cc(F)c(Cl)cc1Br. The number of nitrogen functional groups attached to an aromatic ring is 1. The fourth-order valence-electron chi connectivity index (χ4n) is 1.61. The number of halogens is 3. The van der Waals surface area contributed by atoms with Crippen molar-refractivity contribution >= 4 is 33.3 Å². The Morgan fingerprint density at radius 3 is 2.85 bits per heavy atom. The van der Waals surface area contributed by atoms with Crippen LogP contribution in [-0.4, -0.2) is 9.97 Å². The molecule has 2 rings (SSSR count). The van der Waals surface area contributed by atoms with Crippen molar-refractivity contribution in [3.8, 4) is 11.6 Å². The lowest BCUT2D eigenvalue weighted by Gasteiger charge is -2.13. The van der Waals surface area contributed by atoms with Gasteiger partial charge in [0.25, 0.3) is 0 Å². The Kier molecular flexibility index (Phi) is 4.74. The van der Waals surface area contributed by atoms with Gasteiger partial charge >= 0.3 is 0 Å². The molecule has 1 heterocycles. The van der Waals surface area contributed by atoms with Crippen LogP contribution in [0.4, 0.5) is 10.2 Å². The zero-order chi connectivity index (χ0) is 14.7. The second kappa shape index (κ2) is 6.34. The summed E-state index contributed by atoms with van der Waals surface area (Å²) in [5.41, 5.74) is 3.16. The number of rotatable bonds is 4. The highest BCUT2D eigenvalue weighted by Gasteiger charge is 2.14. The van der Waals surface area contributed by atoms with Crippen molar-refractivity contribution in [3.63, 3.8) is 0 Å². The summed E-state index contributed by atoms with van der Waals surface area (Å²) in [6, 6.07) is 2.60. The molecule has 1 aromatic carbocycles. The molecular formula is C12H11BrClFN4O. The first-order valence-electron chi connectivity index (χ1n) is 5.69. The van der Waals surface area contributed by atoms with Gasteiger partial charge in [0, 0.05) is 6.07 Å². The van der Waals surface area contributed by atoms with E-state index in [1.165, 1.54) is 18.5 Å². The summed E-state index contributed by atoms with van der Waals surface area (Å²) in [5.74, 6) is 5.84. The van der Waals surface area contributed by atoms with Gasteiger partial charge in [-0.3, -0.25) is 0 Å².